The van der Waals surface area contributed by atoms with Gasteiger partial charge in [0.15, 0.2) is 6.10 Å². The van der Waals surface area contributed by atoms with Crippen LogP contribution >= 0.6 is 0 Å². The first kappa shape index (κ1) is 19.4. The van der Waals surface area contributed by atoms with Crippen molar-refractivity contribution in [1.29, 1.82) is 0 Å². The van der Waals surface area contributed by atoms with Crippen LogP contribution in [0.2, 0.25) is 0 Å². The summed E-state index contributed by atoms with van der Waals surface area (Å²) in [5.41, 5.74) is 0.780. The average molecular weight is 381 g/mol. The summed E-state index contributed by atoms with van der Waals surface area (Å²) in [5.74, 6) is 2.02. The van der Waals surface area contributed by atoms with Crippen LogP contribution in [0, 0.1) is 0 Å². The van der Waals surface area contributed by atoms with Crippen LogP contribution in [-0.4, -0.2) is 41.2 Å². The van der Waals surface area contributed by atoms with Crippen molar-refractivity contribution in [3.05, 3.63) is 60.5 Å². The Morgan fingerprint density at radius 3 is 2.61 bits per heavy atom. The van der Waals surface area contributed by atoms with E-state index in [4.69, 9.17) is 14.0 Å². The van der Waals surface area contributed by atoms with Gasteiger partial charge in [-0.3, -0.25) is 4.79 Å². The zero-order valence-corrected chi connectivity index (χ0v) is 16.2. The molecule has 0 saturated heterocycles. The lowest BCUT2D eigenvalue weighted by Gasteiger charge is -2.22. The van der Waals surface area contributed by atoms with Gasteiger partial charge in [0, 0.05) is 12.6 Å². The fourth-order valence-electron chi connectivity index (χ4n) is 2.70. The molecule has 7 heteroatoms. The van der Waals surface area contributed by atoms with E-state index in [0.717, 1.165) is 5.56 Å². The van der Waals surface area contributed by atoms with E-state index in [2.05, 4.69) is 10.1 Å². The lowest BCUT2D eigenvalue weighted by molar-refractivity contribution is -0.138. The third-order valence-electron chi connectivity index (χ3n) is 4.21. The summed E-state index contributed by atoms with van der Waals surface area (Å²) in [4.78, 5) is 18.6. The number of hydrogen-bond donors (Lipinski definition) is 0. The standard InChI is InChI=1S/C21H23N3O4/c1-4-18(27-16-10-6-5-7-11-16)21(25)24(2)14-19-22-20(23-28-19)15-9-8-12-17(13-15)26-3/h5-13,18H,4,14H2,1-3H3/t18-/m0/s1. The molecule has 1 amide bonds. The summed E-state index contributed by atoms with van der Waals surface area (Å²) < 4.78 is 16.3. The third-order valence-corrected chi connectivity index (χ3v) is 4.21. The summed E-state index contributed by atoms with van der Waals surface area (Å²) >= 11 is 0. The van der Waals surface area contributed by atoms with Crippen molar-refractivity contribution < 1.29 is 18.8 Å². The number of benzene rings is 2. The average Bonchev–Trinajstić information content (AvgIpc) is 3.20. The van der Waals surface area contributed by atoms with Gasteiger partial charge in [-0.05, 0) is 30.7 Å². The van der Waals surface area contributed by atoms with Crippen molar-refractivity contribution in [2.24, 2.45) is 0 Å². The molecule has 0 aliphatic carbocycles. The van der Waals surface area contributed by atoms with Crippen molar-refractivity contribution in [3.8, 4) is 22.9 Å². The van der Waals surface area contributed by atoms with E-state index in [0.29, 0.717) is 29.6 Å². The highest BCUT2D eigenvalue weighted by Gasteiger charge is 2.24. The Kier molecular flexibility index (Phi) is 6.26. The summed E-state index contributed by atoms with van der Waals surface area (Å²) in [6.07, 6.45) is -0.0232. The van der Waals surface area contributed by atoms with Gasteiger partial charge in [0.05, 0.1) is 13.7 Å². The molecule has 1 atom stereocenters. The van der Waals surface area contributed by atoms with Crippen molar-refractivity contribution >= 4 is 5.91 Å². The Bertz CT molecular complexity index is 911. The minimum absolute atomic E-state index is 0.146. The fourth-order valence-corrected chi connectivity index (χ4v) is 2.70. The Labute approximate surface area is 163 Å². The number of methoxy groups -OCH3 is 1. The second-order valence-electron chi connectivity index (χ2n) is 6.27. The quantitative estimate of drug-likeness (QED) is 0.594. The third kappa shape index (κ3) is 4.68. The lowest BCUT2D eigenvalue weighted by atomic mass is 10.2. The van der Waals surface area contributed by atoms with Crippen LogP contribution in [0.4, 0.5) is 0 Å². The molecule has 3 rings (SSSR count). The number of rotatable bonds is 8. The number of para-hydroxylation sites is 1. The minimum atomic E-state index is -0.576. The van der Waals surface area contributed by atoms with Gasteiger partial charge in [-0.2, -0.15) is 4.98 Å². The van der Waals surface area contributed by atoms with Crippen molar-refractivity contribution in [3.63, 3.8) is 0 Å². The molecule has 1 aromatic heterocycles. The van der Waals surface area contributed by atoms with Crippen LogP contribution in [0.25, 0.3) is 11.4 Å². The van der Waals surface area contributed by atoms with Crippen LogP contribution in [0.1, 0.15) is 19.2 Å². The summed E-state index contributed by atoms with van der Waals surface area (Å²) in [6.45, 7) is 2.11. The molecule has 0 radical (unpaired) electrons. The predicted octanol–water partition coefficient (Wildman–Crippen LogP) is 3.56. The van der Waals surface area contributed by atoms with Gasteiger partial charge in [-0.1, -0.05) is 42.4 Å². The number of carbonyl (C=O) groups excluding carboxylic acids is 1. The molecule has 0 aliphatic rings. The van der Waals surface area contributed by atoms with Crippen LogP contribution in [-0.2, 0) is 11.3 Å². The smallest absolute Gasteiger partial charge is 0.263 e. The van der Waals surface area contributed by atoms with E-state index < -0.39 is 6.10 Å². The summed E-state index contributed by atoms with van der Waals surface area (Å²) in [7, 11) is 3.29. The zero-order chi connectivity index (χ0) is 19.9. The molecule has 0 fully saturated rings. The van der Waals surface area contributed by atoms with Gasteiger partial charge in [0.25, 0.3) is 5.91 Å². The van der Waals surface area contributed by atoms with Crippen LogP contribution in [0.3, 0.4) is 0 Å². The minimum Gasteiger partial charge on any atom is -0.497 e. The normalized spacial score (nSPS) is 11.7. The topological polar surface area (TPSA) is 77.7 Å². The summed E-state index contributed by atoms with van der Waals surface area (Å²) in [5, 5.41) is 4.00. The zero-order valence-electron chi connectivity index (χ0n) is 16.2. The Hall–Kier alpha value is -3.35. The largest absolute Gasteiger partial charge is 0.497 e. The molecule has 146 valence electrons. The molecule has 7 nitrogen and oxygen atoms in total. The number of likely N-dealkylation sites (N-methyl/N-ethyl adjacent to an activating group) is 1. The van der Waals surface area contributed by atoms with E-state index >= 15 is 0 Å². The number of amides is 1. The number of nitrogens with zero attached hydrogens (tertiary/aromatic N) is 3. The first-order chi connectivity index (χ1) is 13.6. The molecule has 0 unspecified atom stereocenters. The Balaban J connectivity index is 1.65. The van der Waals surface area contributed by atoms with Gasteiger partial charge in [0.2, 0.25) is 11.7 Å². The number of hydrogen-bond acceptors (Lipinski definition) is 6. The van der Waals surface area contributed by atoms with Gasteiger partial charge in [0.1, 0.15) is 11.5 Å². The number of carbonyl (C=O) groups is 1. The predicted molar refractivity (Wildman–Crippen MR) is 104 cm³/mol. The molecule has 0 spiro atoms. The second-order valence-corrected chi connectivity index (χ2v) is 6.27. The lowest BCUT2D eigenvalue weighted by Crippen LogP contribution is -2.39. The maximum Gasteiger partial charge on any atom is 0.263 e. The molecule has 0 saturated carbocycles. The SMILES string of the molecule is CC[C@H](Oc1ccccc1)C(=O)N(C)Cc1nc(-c2cccc(OC)c2)no1. The molecular weight excluding hydrogens is 358 g/mol. The molecule has 28 heavy (non-hydrogen) atoms. The molecule has 0 bridgehead atoms. The molecule has 3 aromatic rings. The van der Waals surface area contributed by atoms with Gasteiger partial charge in [-0.15, -0.1) is 0 Å². The number of ether oxygens (including phenoxy) is 2. The monoisotopic (exact) mass is 381 g/mol. The van der Waals surface area contributed by atoms with E-state index in [-0.39, 0.29) is 12.5 Å². The first-order valence-electron chi connectivity index (χ1n) is 9.04. The maximum absolute atomic E-state index is 12.7. The van der Waals surface area contributed by atoms with Crippen LogP contribution in [0.15, 0.2) is 59.1 Å². The second kappa shape index (κ2) is 9.03. The molecular formula is C21H23N3O4. The van der Waals surface area contributed by atoms with E-state index in [1.54, 1.807) is 14.2 Å². The Morgan fingerprint density at radius 1 is 1.14 bits per heavy atom. The van der Waals surface area contributed by atoms with Gasteiger partial charge >= 0.3 is 0 Å². The highest BCUT2D eigenvalue weighted by Crippen LogP contribution is 2.21. The van der Waals surface area contributed by atoms with Crippen molar-refractivity contribution in [2.45, 2.75) is 26.0 Å². The van der Waals surface area contributed by atoms with Crippen LogP contribution in [0.5, 0.6) is 11.5 Å². The molecule has 0 N–H and O–H groups in total. The van der Waals surface area contributed by atoms with Gasteiger partial charge < -0.3 is 18.9 Å². The van der Waals surface area contributed by atoms with Crippen molar-refractivity contribution in [2.75, 3.05) is 14.2 Å². The number of aromatic nitrogens is 2. The van der Waals surface area contributed by atoms with E-state index in [9.17, 15) is 4.79 Å². The van der Waals surface area contributed by atoms with Gasteiger partial charge in [-0.25, -0.2) is 0 Å². The van der Waals surface area contributed by atoms with Crippen molar-refractivity contribution in [1.82, 2.24) is 15.0 Å². The first-order valence-corrected chi connectivity index (χ1v) is 9.04. The molecule has 0 aliphatic heterocycles. The molecule has 2 aromatic carbocycles. The fraction of sp³-hybridized carbons (Fsp3) is 0.286. The maximum atomic E-state index is 12.7. The highest BCUT2D eigenvalue weighted by molar-refractivity contribution is 5.80. The van der Waals surface area contributed by atoms with E-state index in [1.165, 1.54) is 4.90 Å². The van der Waals surface area contributed by atoms with Crippen LogP contribution < -0.4 is 9.47 Å². The summed E-state index contributed by atoms with van der Waals surface area (Å²) in [6, 6.07) is 16.7. The molecule has 1 heterocycles. The highest BCUT2D eigenvalue weighted by atomic mass is 16.5. The van der Waals surface area contributed by atoms with E-state index in [1.807, 2.05) is 61.5 Å². The Morgan fingerprint density at radius 2 is 1.89 bits per heavy atom.